The Hall–Kier alpha value is -3.43. The van der Waals surface area contributed by atoms with Gasteiger partial charge in [-0.1, -0.05) is 31.5 Å². The molecule has 3 aromatic carbocycles. The molecule has 1 unspecified atom stereocenters. The highest BCUT2D eigenvalue weighted by Crippen LogP contribution is 2.33. The number of hydrogen-bond donors (Lipinski definition) is 1. The quantitative estimate of drug-likeness (QED) is 0.496. The van der Waals surface area contributed by atoms with Crippen molar-refractivity contribution in [3.63, 3.8) is 0 Å². The maximum absolute atomic E-state index is 12.8. The zero-order chi connectivity index (χ0) is 22.4. The molecule has 3 aromatic rings. The van der Waals surface area contributed by atoms with Crippen molar-refractivity contribution in [1.82, 2.24) is 0 Å². The molecule has 3 rings (SSSR count). The van der Waals surface area contributed by atoms with Crippen molar-refractivity contribution in [3.05, 3.63) is 82.9 Å². The van der Waals surface area contributed by atoms with Gasteiger partial charge in [0, 0.05) is 15.4 Å². The van der Waals surface area contributed by atoms with E-state index in [-0.39, 0.29) is 18.1 Å². The van der Waals surface area contributed by atoms with Gasteiger partial charge in [-0.3, -0.25) is 4.79 Å². The number of ketones is 1. The second-order valence-corrected chi connectivity index (χ2v) is 8.57. The number of benzene rings is 3. The van der Waals surface area contributed by atoms with Gasteiger partial charge >= 0.3 is 0 Å². The smallest absolute Gasteiger partial charge is 0.163 e. The summed E-state index contributed by atoms with van der Waals surface area (Å²) < 4.78 is 18.7. The highest BCUT2D eigenvalue weighted by atomic mass is 32.2. The van der Waals surface area contributed by atoms with Crippen LogP contribution in [0.5, 0.6) is 11.5 Å². The van der Waals surface area contributed by atoms with E-state index in [1.807, 2.05) is 19.1 Å². The number of Topliss-reactive ketones (excluding diaryl/α,β-unsaturated/α-hetero) is 1. The Morgan fingerprint density at radius 3 is 2.48 bits per heavy atom. The van der Waals surface area contributed by atoms with E-state index in [4.69, 9.17) is 10.00 Å². The van der Waals surface area contributed by atoms with Crippen LogP contribution in [0.3, 0.4) is 0 Å². The molecule has 6 heteroatoms. The lowest BCUT2D eigenvalue weighted by Crippen LogP contribution is -2.02. The molecule has 0 bridgehead atoms. The van der Waals surface area contributed by atoms with Crippen molar-refractivity contribution in [2.75, 3.05) is 0 Å². The summed E-state index contributed by atoms with van der Waals surface area (Å²) in [6.45, 7) is 3.69. The Labute approximate surface area is 184 Å². The van der Waals surface area contributed by atoms with E-state index in [2.05, 4.69) is 6.07 Å². The molecule has 0 aliphatic carbocycles. The van der Waals surface area contributed by atoms with E-state index in [9.17, 15) is 14.1 Å². The van der Waals surface area contributed by atoms with Gasteiger partial charge in [0.1, 0.15) is 18.1 Å². The second kappa shape index (κ2) is 10.1. The first kappa shape index (κ1) is 22.3. The lowest BCUT2D eigenvalue weighted by Gasteiger charge is -2.15. The zero-order valence-corrected chi connectivity index (χ0v) is 18.2. The summed E-state index contributed by atoms with van der Waals surface area (Å²) in [5.74, 6) is 0.341. The molecular formula is C25H23NO4S. The van der Waals surface area contributed by atoms with E-state index in [0.717, 1.165) is 12.0 Å². The van der Waals surface area contributed by atoms with Gasteiger partial charge < -0.3 is 9.84 Å². The van der Waals surface area contributed by atoms with Gasteiger partial charge in [-0.05, 0) is 61.4 Å². The Kier molecular flexibility index (Phi) is 7.22. The fraction of sp³-hybridized carbons (Fsp3) is 0.200. The van der Waals surface area contributed by atoms with Crippen molar-refractivity contribution in [2.45, 2.75) is 43.1 Å². The molecule has 1 atom stereocenters. The summed E-state index contributed by atoms with van der Waals surface area (Å²) in [6.07, 6.45) is 1.40. The summed E-state index contributed by atoms with van der Waals surface area (Å²) in [4.78, 5) is 12.9. The van der Waals surface area contributed by atoms with Crippen molar-refractivity contribution in [3.8, 4) is 17.6 Å². The van der Waals surface area contributed by atoms with Gasteiger partial charge in [-0.2, -0.15) is 5.26 Å². The predicted molar refractivity (Wildman–Crippen MR) is 119 cm³/mol. The molecule has 5 nitrogen and oxygen atoms in total. The molecule has 0 fully saturated rings. The largest absolute Gasteiger partial charge is 0.507 e. The monoisotopic (exact) mass is 433 g/mol. The van der Waals surface area contributed by atoms with Gasteiger partial charge in [-0.25, -0.2) is 4.21 Å². The molecule has 31 heavy (non-hydrogen) atoms. The number of rotatable bonds is 8. The van der Waals surface area contributed by atoms with Crippen LogP contribution in [-0.4, -0.2) is 15.1 Å². The van der Waals surface area contributed by atoms with E-state index < -0.39 is 10.8 Å². The molecule has 0 aromatic heterocycles. The van der Waals surface area contributed by atoms with Crippen LogP contribution in [-0.2, 0) is 23.8 Å². The van der Waals surface area contributed by atoms with Crippen LogP contribution in [0, 0.1) is 11.3 Å². The highest BCUT2D eigenvalue weighted by molar-refractivity contribution is 7.85. The fourth-order valence-corrected chi connectivity index (χ4v) is 4.31. The predicted octanol–water partition coefficient (Wildman–Crippen LogP) is 5.16. The topological polar surface area (TPSA) is 87.4 Å². The maximum Gasteiger partial charge on any atom is 0.163 e. The van der Waals surface area contributed by atoms with Crippen LogP contribution in [0.4, 0.5) is 0 Å². The number of ether oxygens (including phenoxy) is 1. The number of carbonyl (C=O) groups excluding carboxylic acids is 1. The molecule has 158 valence electrons. The summed E-state index contributed by atoms with van der Waals surface area (Å²) in [5, 5.41) is 19.5. The van der Waals surface area contributed by atoms with Gasteiger partial charge in [0.25, 0.3) is 0 Å². The molecular weight excluding hydrogens is 410 g/mol. The third-order valence-corrected chi connectivity index (χ3v) is 6.21. The number of nitrogens with zero attached hydrogens (tertiary/aromatic N) is 1. The number of aromatic hydroxyl groups is 1. The average Bonchev–Trinajstić information content (AvgIpc) is 2.79. The highest BCUT2D eigenvalue weighted by Gasteiger charge is 2.16. The lowest BCUT2D eigenvalue weighted by molar-refractivity contribution is 0.101. The molecule has 0 heterocycles. The third kappa shape index (κ3) is 5.19. The molecule has 0 spiro atoms. The number of phenols is 1. The van der Waals surface area contributed by atoms with Crippen molar-refractivity contribution in [1.29, 1.82) is 5.26 Å². The van der Waals surface area contributed by atoms with Crippen LogP contribution >= 0.6 is 0 Å². The maximum atomic E-state index is 12.8. The minimum absolute atomic E-state index is 0.0165. The summed E-state index contributed by atoms with van der Waals surface area (Å²) in [5.41, 5.74) is 2.27. The summed E-state index contributed by atoms with van der Waals surface area (Å²) in [7, 11) is -1.38. The van der Waals surface area contributed by atoms with Gasteiger partial charge in [0.05, 0.1) is 28.0 Å². The molecule has 1 N–H and O–H groups in total. The summed E-state index contributed by atoms with van der Waals surface area (Å²) >= 11 is 0. The number of nitriles is 1. The molecule has 0 radical (unpaired) electrons. The summed E-state index contributed by atoms with van der Waals surface area (Å²) in [6, 6.07) is 19.3. The Morgan fingerprint density at radius 2 is 1.84 bits per heavy atom. The van der Waals surface area contributed by atoms with Crippen molar-refractivity contribution in [2.24, 2.45) is 0 Å². The Balaban J connectivity index is 1.75. The molecule has 0 saturated heterocycles. The molecule has 0 amide bonds. The van der Waals surface area contributed by atoms with E-state index in [1.54, 1.807) is 48.5 Å². The first-order valence-corrected chi connectivity index (χ1v) is 11.1. The van der Waals surface area contributed by atoms with Crippen molar-refractivity contribution >= 4 is 16.6 Å². The second-order valence-electron chi connectivity index (χ2n) is 7.09. The van der Waals surface area contributed by atoms with E-state index in [0.29, 0.717) is 38.7 Å². The minimum atomic E-state index is -1.38. The Morgan fingerprint density at radius 1 is 1.10 bits per heavy atom. The van der Waals surface area contributed by atoms with Crippen LogP contribution in [0.25, 0.3) is 0 Å². The normalized spacial score (nSPS) is 11.5. The SMILES string of the molecule is CCCc1c(OCc2ccc(S(=O)c3cccc(C#N)c3)cc2)ccc(C(C)=O)c1O. The number of phenolic OH excluding ortho intramolecular Hbond substituents is 1. The molecule has 0 aliphatic rings. The molecule has 0 saturated carbocycles. The van der Waals surface area contributed by atoms with Gasteiger partial charge in [0.2, 0.25) is 0 Å². The van der Waals surface area contributed by atoms with E-state index >= 15 is 0 Å². The minimum Gasteiger partial charge on any atom is -0.507 e. The zero-order valence-electron chi connectivity index (χ0n) is 17.4. The first-order valence-electron chi connectivity index (χ1n) is 9.94. The Bertz CT molecular complexity index is 1160. The number of hydrogen-bond acceptors (Lipinski definition) is 5. The van der Waals surface area contributed by atoms with Crippen LogP contribution in [0.15, 0.2) is 70.5 Å². The van der Waals surface area contributed by atoms with Crippen molar-refractivity contribution < 1.29 is 18.8 Å². The first-order chi connectivity index (χ1) is 14.9. The average molecular weight is 434 g/mol. The van der Waals surface area contributed by atoms with Gasteiger partial charge in [-0.15, -0.1) is 0 Å². The molecule has 0 aliphatic heterocycles. The standard InChI is InChI=1S/C25H23NO4S/c1-3-5-23-24(13-12-22(17(2)27)25(23)28)30-16-18-8-10-20(11-9-18)31(29)21-7-4-6-19(14-21)15-26/h4,6-14,28H,3,5,16H2,1-2H3. The van der Waals surface area contributed by atoms with Crippen LogP contribution < -0.4 is 4.74 Å². The van der Waals surface area contributed by atoms with E-state index in [1.165, 1.54) is 6.92 Å². The van der Waals surface area contributed by atoms with Crippen LogP contribution in [0.2, 0.25) is 0 Å². The van der Waals surface area contributed by atoms with Gasteiger partial charge in [0.15, 0.2) is 5.78 Å². The lowest BCUT2D eigenvalue weighted by atomic mass is 10.0. The van der Waals surface area contributed by atoms with Crippen LogP contribution in [0.1, 0.15) is 47.3 Å². The number of carbonyl (C=O) groups is 1. The third-order valence-electron chi connectivity index (χ3n) is 4.83. The fourth-order valence-electron chi connectivity index (χ4n) is 3.22.